The standard InChI is InChI=1S/C20H25N7O6.Ca/c1-27-12(9-23-16-15(27)18(31)26-20(21)25-16)8-22-11-4-2-10(3-5-11)17(30)24-13(19(32)33)6-7-14(28)29;/h2-5,12-13,22H,6-9H2,1H3,(H,24,30)(H,28,29)(H,32,33)(H4,21,23,25,26,31);/q;+2/t12?,13-;/m0./s1. The van der Waals surface area contributed by atoms with Gasteiger partial charge < -0.3 is 36.8 Å². The molecule has 2 heterocycles. The van der Waals surface area contributed by atoms with Gasteiger partial charge in [0.1, 0.15) is 11.7 Å². The topological polar surface area (TPSA) is 203 Å². The molecule has 1 aliphatic heterocycles. The Morgan fingerprint density at radius 1 is 1.26 bits per heavy atom. The summed E-state index contributed by atoms with van der Waals surface area (Å²) in [5.74, 6) is -2.59. The predicted molar refractivity (Wildman–Crippen MR) is 126 cm³/mol. The summed E-state index contributed by atoms with van der Waals surface area (Å²) in [4.78, 5) is 54.9. The van der Waals surface area contributed by atoms with Crippen LogP contribution in [0, 0.1) is 0 Å². The van der Waals surface area contributed by atoms with E-state index in [2.05, 4.69) is 25.9 Å². The van der Waals surface area contributed by atoms with Gasteiger partial charge in [0.25, 0.3) is 11.5 Å². The smallest absolute Gasteiger partial charge is 0.481 e. The minimum Gasteiger partial charge on any atom is -0.481 e. The maximum absolute atomic E-state index is 12.3. The van der Waals surface area contributed by atoms with E-state index in [1.54, 1.807) is 19.2 Å². The number of rotatable bonds is 9. The van der Waals surface area contributed by atoms with Gasteiger partial charge in [0.15, 0.2) is 5.82 Å². The molecule has 0 saturated carbocycles. The number of nitrogen functional groups attached to an aromatic ring is 1. The number of aromatic nitrogens is 2. The van der Waals surface area contributed by atoms with E-state index in [0.717, 1.165) is 5.69 Å². The number of amides is 1. The minimum absolute atomic E-state index is 0. The Morgan fingerprint density at radius 3 is 2.56 bits per heavy atom. The maximum Gasteiger partial charge on any atom is 2.00 e. The van der Waals surface area contributed by atoms with E-state index in [4.69, 9.17) is 10.8 Å². The third kappa shape index (κ3) is 6.74. The van der Waals surface area contributed by atoms with Gasteiger partial charge in [-0.2, -0.15) is 4.98 Å². The second-order valence-corrected chi connectivity index (χ2v) is 7.55. The van der Waals surface area contributed by atoms with Crippen molar-refractivity contribution in [3.8, 4) is 0 Å². The molecule has 0 radical (unpaired) electrons. The zero-order chi connectivity index (χ0) is 24.1. The summed E-state index contributed by atoms with van der Waals surface area (Å²) >= 11 is 0. The predicted octanol–water partition coefficient (Wildman–Crippen LogP) is -0.638. The average Bonchev–Trinajstić information content (AvgIpc) is 2.75. The fourth-order valence-electron chi connectivity index (χ4n) is 3.42. The van der Waals surface area contributed by atoms with Crippen molar-refractivity contribution >= 4 is 78.7 Å². The van der Waals surface area contributed by atoms with Crippen molar-refractivity contribution in [3.05, 3.63) is 40.2 Å². The number of hydrogen-bond donors (Lipinski definition) is 7. The largest absolute Gasteiger partial charge is 2.00 e. The van der Waals surface area contributed by atoms with E-state index in [0.29, 0.717) is 24.6 Å². The Morgan fingerprint density at radius 2 is 1.94 bits per heavy atom. The van der Waals surface area contributed by atoms with Crippen LogP contribution in [0.1, 0.15) is 23.2 Å². The first-order valence-corrected chi connectivity index (χ1v) is 10.1. The van der Waals surface area contributed by atoms with Gasteiger partial charge in [-0.15, -0.1) is 0 Å². The van der Waals surface area contributed by atoms with Crippen LogP contribution in [0.25, 0.3) is 0 Å². The number of nitrogens with two attached hydrogens (primary N) is 1. The molecule has 0 bridgehead atoms. The number of carbonyl (C=O) groups excluding carboxylic acids is 1. The number of likely N-dealkylation sites (N-methyl/N-ethyl adjacent to an activating group) is 1. The van der Waals surface area contributed by atoms with Gasteiger partial charge in [0.05, 0.1) is 6.04 Å². The van der Waals surface area contributed by atoms with Gasteiger partial charge in [-0.1, -0.05) is 0 Å². The summed E-state index contributed by atoms with van der Waals surface area (Å²) in [6, 6.07) is 5.03. The zero-order valence-electron chi connectivity index (χ0n) is 18.5. The van der Waals surface area contributed by atoms with Crippen LogP contribution < -0.4 is 32.1 Å². The number of carboxylic acids is 2. The van der Waals surface area contributed by atoms with Crippen molar-refractivity contribution < 1.29 is 24.6 Å². The van der Waals surface area contributed by atoms with Gasteiger partial charge >= 0.3 is 49.7 Å². The number of nitrogens with one attached hydrogen (secondary N) is 4. The van der Waals surface area contributed by atoms with E-state index >= 15 is 0 Å². The van der Waals surface area contributed by atoms with Crippen molar-refractivity contribution in [3.63, 3.8) is 0 Å². The number of carboxylic acid groups (broad SMARTS) is 2. The number of H-pyrrole nitrogens is 1. The van der Waals surface area contributed by atoms with Gasteiger partial charge in [-0.3, -0.25) is 19.4 Å². The molecule has 1 unspecified atom stereocenters. The Kier molecular flexibility index (Phi) is 9.53. The van der Waals surface area contributed by atoms with Gasteiger partial charge in [-0.05, 0) is 30.7 Å². The molecule has 2 aromatic rings. The van der Waals surface area contributed by atoms with Crippen LogP contribution in [0.15, 0.2) is 29.1 Å². The summed E-state index contributed by atoms with van der Waals surface area (Å²) in [6.07, 6.45) is -0.586. The number of aromatic amines is 1. The summed E-state index contributed by atoms with van der Waals surface area (Å²) < 4.78 is 0. The molecule has 13 nitrogen and oxygen atoms in total. The molecule has 1 aliphatic rings. The zero-order valence-corrected chi connectivity index (χ0v) is 20.7. The van der Waals surface area contributed by atoms with Crippen LogP contribution in [0.3, 0.4) is 0 Å². The SMILES string of the molecule is CN1c2c(nc(N)[nH]c2=O)NCC1CNc1ccc(C(=O)N[C@@H](CCC(=O)O)C(=O)O)cc1.[Ca+2]. The maximum atomic E-state index is 12.3. The first-order valence-electron chi connectivity index (χ1n) is 10.1. The van der Waals surface area contributed by atoms with Gasteiger partial charge in [0, 0.05) is 37.8 Å². The quantitative estimate of drug-likeness (QED) is 0.216. The Labute approximate surface area is 224 Å². The van der Waals surface area contributed by atoms with E-state index in [-0.39, 0.29) is 73.7 Å². The molecule has 3 rings (SSSR count). The van der Waals surface area contributed by atoms with Crippen LogP contribution in [0.5, 0.6) is 0 Å². The van der Waals surface area contributed by atoms with Crippen molar-refractivity contribution in [2.24, 2.45) is 0 Å². The number of aliphatic carboxylic acids is 2. The van der Waals surface area contributed by atoms with Crippen molar-refractivity contribution in [1.82, 2.24) is 15.3 Å². The number of carbonyl (C=O) groups is 3. The van der Waals surface area contributed by atoms with Crippen molar-refractivity contribution in [1.29, 1.82) is 0 Å². The first kappa shape index (κ1) is 27.2. The molecule has 1 aromatic heterocycles. The number of benzene rings is 1. The average molecular weight is 500 g/mol. The number of fused-ring (bicyclic) bond motifs is 1. The first-order chi connectivity index (χ1) is 15.7. The molecule has 0 aliphatic carbocycles. The summed E-state index contributed by atoms with van der Waals surface area (Å²) in [5, 5.41) is 26.6. The molecule has 0 spiro atoms. The molecule has 0 fully saturated rings. The van der Waals surface area contributed by atoms with Crippen LogP contribution >= 0.6 is 0 Å². The minimum atomic E-state index is -1.30. The summed E-state index contributed by atoms with van der Waals surface area (Å²) in [5.41, 5.74) is 6.59. The Balaban J connectivity index is 0.00000408. The Hall–Kier alpha value is -3.03. The molecule has 8 N–H and O–H groups in total. The number of hydrogen-bond acceptors (Lipinski definition) is 9. The molecule has 14 heteroatoms. The molecule has 1 aromatic carbocycles. The molecule has 176 valence electrons. The van der Waals surface area contributed by atoms with Crippen LogP contribution in [-0.2, 0) is 9.59 Å². The van der Waals surface area contributed by atoms with Gasteiger partial charge in [-0.25, -0.2) is 4.79 Å². The normalized spacial score (nSPS) is 15.2. The number of nitrogens with zero attached hydrogens (tertiary/aromatic N) is 2. The monoisotopic (exact) mass is 499 g/mol. The Bertz CT molecular complexity index is 1110. The molecule has 1 amide bonds. The van der Waals surface area contributed by atoms with Crippen molar-refractivity contribution in [2.75, 3.05) is 41.4 Å². The third-order valence-electron chi connectivity index (χ3n) is 5.26. The fourth-order valence-corrected chi connectivity index (χ4v) is 3.42. The molecule has 34 heavy (non-hydrogen) atoms. The molecular formula is C20H25CaN7O6+2. The third-order valence-corrected chi connectivity index (χ3v) is 5.26. The van der Waals surface area contributed by atoms with E-state index < -0.39 is 23.9 Å². The molecule has 2 atom stereocenters. The van der Waals surface area contributed by atoms with Crippen molar-refractivity contribution in [2.45, 2.75) is 24.9 Å². The van der Waals surface area contributed by atoms with Crippen LogP contribution in [-0.4, -0.2) is 108 Å². The summed E-state index contributed by atoms with van der Waals surface area (Å²) in [7, 11) is 1.79. The fraction of sp³-hybridized carbons (Fsp3) is 0.350. The second-order valence-electron chi connectivity index (χ2n) is 7.55. The number of anilines is 4. The van der Waals surface area contributed by atoms with Crippen LogP contribution in [0.2, 0.25) is 0 Å². The molecule has 0 saturated heterocycles. The van der Waals surface area contributed by atoms with E-state index in [1.807, 2.05) is 4.90 Å². The van der Waals surface area contributed by atoms with E-state index in [1.165, 1.54) is 12.1 Å². The summed E-state index contributed by atoms with van der Waals surface area (Å²) in [6.45, 7) is 1.01. The molecular weight excluding hydrogens is 474 g/mol. The van der Waals surface area contributed by atoms with Crippen LogP contribution in [0.4, 0.5) is 23.1 Å². The second kappa shape index (κ2) is 11.9. The van der Waals surface area contributed by atoms with E-state index in [9.17, 15) is 24.3 Å². The van der Waals surface area contributed by atoms with Gasteiger partial charge in [0.2, 0.25) is 5.95 Å².